The molecule has 0 saturated carbocycles. The highest BCUT2D eigenvalue weighted by molar-refractivity contribution is 7.11. The number of ether oxygens (including phenoxy) is 1. The second-order valence-corrected chi connectivity index (χ2v) is 6.41. The first-order valence-electron chi connectivity index (χ1n) is 6.63. The van der Waals surface area contributed by atoms with Gasteiger partial charge in [0.25, 0.3) is 0 Å². The SMILES string of the molecule is O=C(OC(Cn1ccnc1)c1ccc(Cl)cc1Cl)c1cncs1. The zero-order chi connectivity index (χ0) is 16.2. The van der Waals surface area contributed by atoms with E-state index < -0.39 is 12.1 Å². The number of halogens is 2. The van der Waals surface area contributed by atoms with Crippen LogP contribution >= 0.6 is 34.5 Å². The lowest BCUT2D eigenvalue weighted by atomic mass is 10.1. The molecule has 1 aromatic carbocycles. The standard InChI is InChI=1S/C15H11Cl2N3O2S/c16-10-1-2-11(12(17)5-10)13(7-20-4-3-18-8-20)22-15(21)14-6-19-9-23-14/h1-6,8-9,13H,7H2. The Morgan fingerprint density at radius 3 is 2.87 bits per heavy atom. The number of thiazole rings is 1. The number of hydrogen-bond acceptors (Lipinski definition) is 5. The van der Waals surface area contributed by atoms with Crippen molar-refractivity contribution in [2.75, 3.05) is 0 Å². The minimum atomic E-state index is -0.566. The fraction of sp³-hybridized carbons (Fsp3) is 0.133. The van der Waals surface area contributed by atoms with Gasteiger partial charge in [-0.05, 0) is 12.1 Å². The smallest absolute Gasteiger partial charge is 0.350 e. The quantitative estimate of drug-likeness (QED) is 0.632. The van der Waals surface area contributed by atoms with E-state index in [0.29, 0.717) is 27.0 Å². The van der Waals surface area contributed by atoms with E-state index in [1.54, 1.807) is 42.4 Å². The number of rotatable bonds is 5. The number of aromatic nitrogens is 3. The Hall–Kier alpha value is -1.89. The average molecular weight is 368 g/mol. The Kier molecular flexibility index (Phi) is 4.95. The van der Waals surface area contributed by atoms with Gasteiger partial charge < -0.3 is 9.30 Å². The lowest BCUT2D eigenvalue weighted by Gasteiger charge is -2.19. The molecule has 0 saturated heterocycles. The summed E-state index contributed by atoms with van der Waals surface area (Å²) in [5.74, 6) is -0.441. The van der Waals surface area contributed by atoms with Gasteiger partial charge in [0.1, 0.15) is 11.0 Å². The van der Waals surface area contributed by atoms with E-state index in [1.165, 1.54) is 17.5 Å². The van der Waals surface area contributed by atoms with Gasteiger partial charge >= 0.3 is 5.97 Å². The van der Waals surface area contributed by atoms with Gasteiger partial charge in [-0.15, -0.1) is 11.3 Å². The minimum absolute atomic E-state index is 0.395. The number of imidazole rings is 1. The van der Waals surface area contributed by atoms with Crippen molar-refractivity contribution in [3.05, 3.63) is 69.1 Å². The normalized spacial score (nSPS) is 12.1. The molecule has 1 atom stereocenters. The molecule has 2 heterocycles. The summed E-state index contributed by atoms with van der Waals surface area (Å²) >= 11 is 13.4. The van der Waals surface area contributed by atoms with E-state index in [4.69, 9.17) is 27.9 Å². The molecule has 0 aliphatic heterocycles. The monoisotopic (exact) mass is 367 g/mol. The highest BCUT2D eigenvalue weighted by Crippen LogP contribution is 2.30. The molecule has 0 amide bonds. The van der Waals surface area contributed by atoms with E-state index in [2.05, 4.69) is 9.97 Å². The molecule has 23 heavy (non-hydrogen) atoms. The van der Waals surface area contributed by atoms with Crippen LogP contribution in [0.3, 0.4) is 0 Å². The maximum atomic E-state index is 12.3. The van der Waals surface area contributed by atoms with Crippen LogP contribution in [0, 0.1) is 0 Å². The minimum Gasteiger partial charge on any atom is -0.451 e. The van der Waals surface area contributed by atoms with E-state index in [1.807, 2.05) is 4.57 Å². The van der Waals surface area contributed by atoms with Crippen molar-refractivity contribution in [3.63, 3.8) is 0 Å². The van der Waals surface area contributed by atoms with E-state index in [9.17, 15) is 4.79 Å². The summed E-state index contributed by atoms with van der Waals surface area (Å²) in [6.45, 7) is 0.395. The lowest BCUT2D eigenvalue weighted by molar-refractivity contribution is 0.0261. The molecule has 2 aromatic heterocycles. The third kappa shape index (κ3) is 3.90. The summed E-state index contributed by atoms with van der Waals surface area (Å²) in [6, 6.07) is 5.09. The molecule has 0 N–H and O–H groups in total. The van der Waals surface area contributed by atoms with Crippen molar-refractivity contribution in [2.24, 2.45) is 0 Å². The molecular weight excluding hydrogens is 357 g/mol. The molecule has 0 bridgehead atoms. The molecule has 118 valence electrons. The first-order valence-corrected chi connectivity index (χ1v) is 8.27. The number of benzene rings is 1. The fourth-order valence-electron chi connectivity index (χ4n) is 2.05. The Bertz CT molecular complexity index is 791. The first-order chi connectivity index (χ1) is 11.1. The Morgan fingerprint density at radius 1 is 1.35 bits per heavy atom. The molecule has 3 aromatic rings. The third-order valence-corrected chi connectivity index (χ3v) is 4.44. The Balaban J connectivity index is 1.88. The largest absolute Gasteiger partial charge is 0.451 e. The highest BCUT2D eigenvalue weighted by atomic mass is 35.5. The van der Waals surface area contributed by atoms with Crippen LogP contribution in [0.1, 0.15) is 21.3 Å². The highest BCUT2D eigenvalue weighted by Gasteiger charge is 2.22. The van der Waals surface area contributed by atoms with Crippen molar-refractivity contribution in [1.82, 2.24) is 14.5 Å². The maximum absolute atomic E-state index is 12.3. The Labute approximate surface area is 146 Å². The number of nitrogens with zero attached hydrogens (tertiary/aromatic N) is 3. The lowest BCUT2D eigenvalue weighted by Crippen LogP contribution is -2.16. The van der Waals surface area contributed by atoms with Gasteiger partial charge in [0, 0.05) is 28.0 Å². The van der Waals surface area contributed by atoms with Crippen LogP contribution in [-0.4, -0.2) is 20.5 Å². The van der Waals surface area contributed by atoms with Gasteiger partial charge in [-0.25, -0.2) is 9.78 Å². The van der Waals surface area contributed by atoms with E-state index in [-0.39, 0.29) is 0 Å². The average Bonchev–Trinajstić information content (AvgIpc) is 3.20. The fourth-order valence-corrected chi connectivity index (χ4v) is 3.08. The summed E-state index contributed by atoms with van der Waals surface area (Å²) in [5, 5.41) is 0.966. The van der Waals surface area contributed by atoms with Crippen molar-refractivity contribution in [1.29, 1.82) is 0 Å². The maximum Gasteiger partial charge on any atom is 0.350 e. The van der Waals surface area contributed by atoms with Gasteiger partial charge in [0.05, 0.1) is 24.6 Å². The van der Waals surface area contributed by atoms with E-state index >= 15 is 0 Å². The topological polar surface area (TPSA) is 57.0 Å². The molecule has 0 aliphatic rings. The molecule has 1 unspecified atom stereocenters. The molecule has 0 fully saturated rings. The Morgan fingerprint density at radius 2 is 2.22 bits per heavy atom. The van der Waals surface area contributed by atoms with Crippen LogP contribution in [-0.2, 0) is 11.3 Å². The summed E-state index contributed by atoms with van der Waals surface area (Å²) in [6.07, 6.45) is 6.01. The third-order valence-electron chi connectivity index (χ3n) is 3.13. The van der Waals surface area contributed by atoms with Crippen LogP contribution in [0.25, 0.3) is 0 Å². The summed E-state index contributed by atoms with van der Waals surface area (Å²) in [7, 11) is 0. The second-order valence-electron chi connectivity index (χ2n) is 4.68. The molecule has 0 radical (unpaired) electrons. The number of carbonyl (C=O) groups excluding carboxylic acids is 1. The van der Waals surface area contributed by atoms with E-state index in [0.717, 1.165) is 0 Å². The van der Waals surface area contributed by atoms with Crippen LogP contribution in [0.4, 0.5) is 0 Å². The first kappa shape index (κ1) is 16.0. The van der Waals surface area contributed by atoms with Crippen molar-refractivity contribution in [2.45, 2.75) is 12.6 Å². The summed E-state index contributed by atoms with van der Waals surface area (Å²) in [5.41, 5.74) is 2.26. The van der Waals surface area contributed by atoms with Gasteiger partial charge in [0.15, 0.2) is 0 Å². The predicted molar refractivity (Wildman–Crippen MR) is 89.0 cm³/mol. The predicted octanol–water partition coefficient (Wildman–Crippen LogP) is 4.24. The van der Waals surface area contributed by atoms with Gasteiger partial charge in [-0.1, -0.05) is 29.3 Å². The van der Waals surface area contributed by atoms with Gasteiger partial charge in [0.2, 0.25) is 0 Å². The van der Waals surface area contributed by atoms with Crippen molar-refractivity contribution < 1.29 is 9.53 Å². The molecule has 8 heteroatoms. The molecule has 0 spiro atoms. The van der Waals surface area contributed by atoms with Crippen LogP contribution in [0.2, 0.25) is 10.0 Å². The summed E-state index contributed by atoms with van der Waals surface area (Å²) in [4.78, 5) is 20.6. The molecule has 3 rings (SSSR count). The van der Waals surface area contributed by atoms with Crippen LogP contribution < -0.4 is 0 Å². The van der Waals surface area contributed by atoms with Crippen LogP contribution in [0.5, 0.6) is 0 Å². The molecule has 0 aliphatic carbocycles. The number of carbonyl (C=O) groups is 1. The number of hydrogen-bond donors (Lipinski definition) is 0. The zero-order valence-corrected chi connectivity index (χ0v) is 14.1. The summed E-state index contributed by atoms with van der Waals surface area (Å²) < 4.78 is 7.45. The van der Waals surface area contributed by atoms with Gasteiger partial charge in [-0.2, -0.15) is 0 Å². The molecular formula is C15H11Cl2N3O2S. The van der Waals surface area contributed by atoms with Crippen molar-refractivity contribution in [3.8, 4) is 0 Å². The van der Waals surface area contributed by atoms with Crippen molar-refractivity contribution >= 4 is 40.5 Å². The van der Waals surface area contributed by atoms with Gasteiger partial charge in [-0.3, -0.25) is 4.98 Å². The molecule has 5 nitrogen and oxygen atoms in total. The zero-order valence-electron chi connectivity index (χ0n) is 11.7. The second kappa shape index (κ2) is 7.12. The number of esters is 1. The van der Waals surface area contributed by atoms with Crippen LogP contribution in [0.15, 0.2) is 48.6 Å².